The molecule has 0 fully saturated rings. The summed E-state index contributed by atoms with van der Waals surface area (Å²) in [5.41, 5.74) is 1.37. The standard InChI is InChI=1S/C14H23NOS/c1-12-7-4-5-9-14(12)17-11-13(15-2)8-6-10-16-3/h4-5,7,9,13,15H,6,8,10-11H2,1-3H3. The van der Waals surface area contributed by atoms with Crippen molar-refractivity contribution in [3.05, 3.63) is 29.8 Å². The Labute approximate surface area is 109 Å². The molecule has 0 aliphatic rings. The Morgan fingerprint density at radius 2 is 2.12 bits per heavy atom. The molecule has 0 saturated carbocycles. The highest BCUT2D eigenvalue weighted by atomic mass is 32.2. The minimum absolute atomic E-state index is 0.565. The van der Waals surface area contributed by atoms with Crippen molar-refractivity contribution in [3.8, 4) is 0 Å². The molecule has 0 aliphatic carbocycles. The summed E-state index contributed by atoms with van der Waals surface area (Å²) in [4.78, 5) is 1.39. The molecule has 1 atom stereocenters. The van der Waals surface area contributed by atoms with Gasteiger partial charge in [-0.1, -0.05) is 18.2 Å². The van der Waals surface area contributed by atoms with Crippen molar-refractivity contribution in [2.45, 2.75) is 30.7 Å². The van der Waals surface area contributed by atoms with E-state index in [1.807, 2.05) is 18.8 Å². The van der Waals surface area contributed by atoms with E-state index < -0.39 is 0 Å². The third-order valence-corrected chi connectivity index (χ3v) is 4.18. The van der Waals surface area contributed by atoms with E-state index in [4.69, 9.17) is 4.74 Å². The second kappa shape index (κ2) is 8.56. The van der Waals surface area contributed by atoms with E-state index in [2.05, 4.69) is 36.5 Å². The molecule has 0 spiro atoms. The third-order valence-electron chi connectivity index (χ3n) is 2.84. The average Bonchev–Trinajstić information content (AvgIpc) is 2.35. The number of hydrogen-bond acceptors (Lipinski definition) is 3. The predicted octanol–water partition coefficient (Wildman–Crippen LogP) is 3.10. The van der Waals surface area contributed by atoms with Crippen LogP contribution in [-0.2, 0) is 4.74 Å². The van der Waals surface area contributed by atoms with Gasteiger partial charge in [0.05, 0.1) is 0 Å². The average molecular weight is 253 g/mol. The molecule has 0 amide bonds. The Morgan fingerprint density at radius 3 is 2.76 bits per heavy atom. The van der Waals surface area contributed by atoms with Gasteiger partial charge in [0.25, 0.3) is 0 Å². The smallest absolute Gasteiger partial charge is 0.0462 e. The zero-order chi connectivity index (χ0) is 12.5. The quantitative estimate of drug-likeness (QED) is 0.568. The summed E-state index contributed by atoms with van der Waals surface area (Å²) in [7, 11) is 3.80. The summed E-state index contributed by atoms with van der Waals surface area (Å²) >= 11 is 1.93. The second-order valence-corrected chi connectivity index (χ2v) is 5.26. The van der Waals surface area contributed by atoms with Crippen LogP contribution in [0.2, 0.25) is 0 Å². The number of nitrogens with one attached hydrogen (secondary N) is 1. The first-order chi connectivity index (χ1) is 8.27. The van der Waals surface area contributed by atoms with Crippen molar-refractivity contribution in [2.75, 3.05) is 26.5 Å². The van der Waals surface area contributed by atoms with Crippen molar-refractivity contribution in [2.24, 2.45) is 0 Å². The molecule has 0 heterocycles. The summed E-state index contributed by atoms with van der Waals surface area (Å²) < 4.78 is 5.08. The first kappa shape index (κ1) is 14.6. The van der Waals surface area contributed by atoms with Gasteiger partial charge in [-0.05, 0) is 38.4 Å². The van der Waals surface area contributed by atoms with Crippen molar-refractivity contribution < 1.29 is 4.74 Å². The molecule has 1 unspecified atom stereocenters. The van der Waals surface area contributed by atoms with Gasteiger partial charge in [-0.15, -0.1) is 11.8 Å². The van der Waals surface area contributed by atoms with Crippen LogP contribution >= 0.6 is 11.8 Å². The molecule has 1 aromatic carbocycles. The molecule has 1 aromatic rings. The molecule has 1 N–H and O–H groups in total. The number of hydrogen-bond donors (Lipinski definition) is 1. The van der Waals surface area contributed by atoms with Gasteiger partial charge in [-0.3, -0.25) is 0 Å². The monoisotopic (exact) mass is 253 g/mol. The highest BCUT2D eigenvalue weighted by molar-refractivity contribution is 7.99. The van der Waals surface area contributed by atoms with E-state index in [9.17, 15) is 0 Å². The summed E-state index contributed by atoms with van der Waals surface area (Å²) in [5.74, 6) is 1.12. The molecule has 0 aromatic heterocycles. The van der Waals surface area contributed by atoms with E-state index in [1.54, 1.807) is 7.11 Å². The fourth-order valence-electron chi connectivity index (χ4n) is 1.69. The number of benzene rings is 1. The van der Waals surface area contributed by atoms with Gasteiger partial charge in [0, 0.05) is 30.4 Å². The van der Waals surface area contributed by atoms with Gasteiger partial charge in [0.1, 0.15) is 0 Å². The minimum atomic E-state index is 0.565. The largest absolute Gasteiger partial charge is 0.385 e. The number of rotatable bonds is 8. The molecule has 0 radical (unpaired) electrons. The lowest BCUT2D eigenvalue weighted by Crippen LogP contribution is -2.27. The van der Waals surface area contributed by atoms with Crippen molar-refractivity contribution in [1.29, 1.82) is 0 Å². The van der Waals surface area contributed by atoms with Crippen LogP contribution in [0.4, 0.5) is 0 Å². The highest BCUT2D eigenvalue weighted by Crippen LogP contribution is 2.23. The summed E-state index contributed by atoms with van der Waals surface area (Å²) in [6.07, 6.45) is 2.29. The van der Waals surface area contributed by atoms with Crippen LogP contribution in [0.5, 0.6) is 0 Å². The number of thioether (sulfide) groups is 1. The van der Waals surface area contributed by atoms with Crippen LogP contribution in [0.1, 0.15) is 18.4 Å². The fourth-order valence-corrected chi connectivity index (χ4v) is 2.88. The molecule has 17 heavy (non-hydrogen) atoms. The normalized spacial score (nSPS) is 12.6. The molecule has 3 heteroatoms. The van der Waals surface area contributed by atoms with Crippen molar-refractivity contribution in [3.63, 3.8) is 0 Å². The first-order valence-electron chi connectivity index (χ1n) is 6.12. The SMILES string of the molecule is CNC(CCCOC)CSc1ccccc1C. The first-order valence-corrected chi connectivity index (χ1v) is 7.11. The lowest BCUT2D eigenvalue weighted by atomic mass is 10.2. The Kier molecular flexibility index (Phi) is 7.33. The van der Waals surface area contributed by atoms with Crippen LogP contribution in [0.3, 0.4) is 0 Å². The second-order valence-electron chi connectivity index (χ2n) is 4.20. The van der Waals surface area contributed by atoms with Crippen LogP contribution in [0.25, 0.3) is 0 Å². The van der Waals surface area contributed by atoms with E-state index in [-0.39, 0.29) is 0 Å². The van der Waals surface area contributed by atoms with Crippen LogP contribution in [0, 0.1) is 6.92 Å². The summed E-state index contributed by atoms with van der Waals surface area (Å²) in [5, 5.41) is 3.37. The Bertz CT molecular complexity index is 317. The van der Waals surface area contributed by atoms with Gasteiger partial charge in [0.2, 0.25) is 0 Å². The Hall–Kier alpha value is -0.510. The molecule has 96 valence electrons. The van der Waals surface area contributed by atoms with E-state index >= 15 is 0 Å². The summed E-state index contributed by atoms with van der Waals surface area (Å²) in [6.45, 7) is 3.02. The molecular formula is C14H23NOS. The van der Waals surface area contributed by atoms with Crippen molar-refractivity contribution in [1.82, 2.24) is 5.32 Å². The van der Waals surface area contributed by atoms with E-state index in [0.29, 0.717) is 6.04 Å². The van der Waals surface area contributed by atoms with E-state index in [1.165, 1.54) is 16.9 Å². The molecule has 2 nitrogen and oxygen atoms in total. The van der Waals surface area contributed by atoms with Crippen LogP contribution < -0.4 is 5.32 Å². The molecule has 1 rings (SSSR count). The van der Waals surface area contributed by atoms with Gasteiger partial charge < -0.3 is 10.1 Å². The molecule has 0 saturated heterocycles. The zero-order valence-electron chi connectivity index (χ0n) is 11.0. The third kappa shape index (κ3) is 5.57. The topological polar surface area (TPSA) is 21.3 Å². The van der Waals surface area contributed by atoms with Crippen LogP contribution in [-0.4, -0.2) is 32.6 Å². The van der Waals surface area contributed by atoms with Crippen LogP contribution in [0.15, 0.2) is 29.2 Å². The summed E-state index contributed by atoms with van der Waals surface area (Å²) in [6, 6.07) is 9.13. The Morgan fingerprint density at radius 1 is 1.35 bits per heavy atom. The van der Waals surface area contributed by atoms with Gasteiger partial charge >= 0.3 is 0 Å². The van der Waals surface area contributed by atoms with Gasteiger partial charge in [-0.25, -0.2) is 0 Å². The van der Waals surface area contributed by atoms with Crippen molar-refractivity contribution >= 4 is 11.8 Å². The Balaban J connectivity index is 2.34. The number of aryl methyl sites for hydroxylation is 1. The lowest BCUT2D eigenvalue weighted by molar-refractivity contribution is 0.190. The number of methoxy groups -OCH3 is 1. The maximum Gasteiger partial charge on any atom is 0.0462 e. The van der Waals surface area contributed by atoms with Gasteiger partial charge in [-0.2, -0.15) is 0 Å². The van der Waals surface area contributed by atoms with E-state index in [0.717, 1.165) is 18.8 Å². The minimum Gasteiger partial charge on any atom is -0.385 e. The maximum atomic E-state index is 5.08. The lowest BCUT2D eigenvalue weighted by Gasteiger charge is -2.16. The maximum absolute atomic E-state index is 5.08. The fraction of sp³-hybridized carbons (Fsp3) is 0.571. The van der Waals surface area contributed by atoms with Gasteiger partial charge in [0.15, 0.2) is 0 Å². The predicted molar refractivity (Wildman–Crippen MR) is 75.9 cm³/mol. The molecule has 0 aliphatic heterocycles. The molecular weight excluding hydrogens is 230 g/mol. The number of ether oxygens (including phenoxy) is 1. The zero-order valence-corrected chi connectivity index (χ0v) is 11.8. The highest BCUT2D eigenvalue weighted by Gasteiger charge is 2.07. The molecule has 0 bridgehead atoms.